The molecule has 0 saturated carbocycles. The van der Waals surface area contributed by atoms with Gasteiger partial charge < -0.3 is 9.31 Å². The number of benzene rings is 1. The molecule has 1 fully saturated rings. The Balaban J connectivity index is 2.17. The average molecular weight is 250 g/mol. The van der Waals surface area contributed by atoms with E-state index in [1.54, 1.807) is 12.1 Å². The highest BCUT2D eigenvalue weighted by Gasteiger charge is 2.52. The summed E-state index contributed by atoms with van der Waals surface area (Å²) in [5.74, 6) is -0.147. The lowest BCUT2D eigenvalue weighted by Crippen LogP contribution is -2.41. The van der Waals surface area contributed by atoms with Crippen molar-refractivity contribution in [1.29, 1.82) is 0 Å². The molecule has 1 aromatic rings. The van der Waals surface area contributed by atoms with Crippen molar-refractivity contribution in [3.05, 3.63) is 35.6 Å². The largest absolute Gasteiger partial charge is 0.465 e. The second-order valence-corrected chi connectivity index (χ2v) is 5.96. The maximum Gasteiger partial charge on any atom is 0.465 e. The first kappa shape index (κ1) is 13.6. The van der Waals surface area contributed by atoms with Crippen LogP contribution in [0.2, 0.25) is 0 Å². The fraction of sp³-hybridized carbons (Fsp3) is 0.571. The van der Waals surface area contributed by atoms with E-state index in [2.05, 4.69) is 0 Å². The Morgan fingerprint density at radius 1 is 1.00 bits per heavy atom. The van der Waals surface area contributed by atoms with Crippen LogP contribution in [0.15, 0.2) is 24.3 Å². The van der Waals surface area contributed by atoms with Gasteiger partial charge in [-0.1, -0.05) is 19.1 Å². The first-order valence-electron chi connectivity index (χ1n) is 6.34. The van der Waals surface area contributed by atoms with E-state index in [1.807, 2.05) is 34.6 Å². The van der Waals surface area contributed by atoms with Gasteiger partial charge in [0.25, 0.3) is 0 Å². The van der Waals surface area contributed by atoms with Gasteiger partial charge >= 0.3 is 7.12 Å². The van der Waals surface area contributed by atoms with Crippen molar-refractivity contribution in [2.75, 3.05) is 0 Å². The minimum Gasteiger partial charge on any atom is -0.403 e. The van der Waals surface area contributed by atoms with Crippen molar-refractivity contribution < 1.29 is 13.7 Å². The molecule has 0 amide bonds. The highest BCUT2D eigenvalue weighted by molar-refractivity contribution is 6.47. The van der Waals surface area contributed by atoms with Crippen LogP contribution >= 0.6 is 0 Å². The summed E-state index contributed by atoms with van der Waals surface area (Å²) >= 11 is 0. The summed E-state index contributed by atoms with van der Waals surface area (Å²) in [6.45, 7) is 10.2. The van der Waals surface area contributed by atoms with Crippen molar-refractivity contribution in [2.45, 2.75) is 51.6 Å². The lowest BCUT2D eigenvalue weighted by molar-refractivity contribution is 0.00578. The monoisotopic (exact) mass is 250 g/mol. The van der Waals surface area contributed by atoms with Gasteiger partial charge in [-0.2, -0.15) is 0 Å². The molecule has 2 nitrogen and oxygen atoms in total. The number of hydrogen-bond donors (Lipinski definition) is 0. The van der Waals surface area contributed by atoms with E-state index in [9.17, 15) is 4.39 Å². The molecule has 0 unspecified atom stereocenters. The topological polar surface area (TPSA) is 18.5 Å². The van der Waals surface area contributed by atoms with E-state index in [0.717, 1.165) is 5.56 Å². The van der Waals surface area contributed by atoms with Crippen LogP contribution < -0.4 is 0 Å². The Morgan fingerprint density at radius 3 is 1.89 bits per heavy atom. The predicted molar refractivity (Wildman–Crippen MR) is 70.9 cm³/mol. The Hall–Kier alpha value is -0.865. The van der Waals surface area contributed by atoms with Crippen LogP contribution in [-0.4, -0.2) is 18.3 Å². The summed E-state index contributed by atoms with van der Waals surface area (Å²) in [5.41, 5.74) is 0.368. The molecule has 1 aromatic carbocycles. The third-order valence-electron chi connectivity index (χ3n) is 4.08. The van der Waals surface area contributed by atoms with Gasteiger partial charge in [0, 0.05) is 5.82 Å². The second-order valence-electron chi connectivity index (χ2n) is 5.96. The molecule has 0 bridgehead atoms. The van der Waals surface area contributed by atoms with Gasteiger partial charge in [-0.05, 0) is 45.4 Å². The SMILES string of the molecule is C[C@@H](B1OC(C)(C)C(C)(C)O1)c1ccc(F)cc1. The molecule has 1 saturated heterocycles. The molecular weight excluding hydrogens is 230 g/mol. The number of hydrogen-bond acceptors (Lipinski definition) is 2. The fourth-order valence-corrected chi connectivity index (χ4v) is 2.02. The minimum absolute atomic E-state index is 0.0756. The lowest BCUT2D eigenvalue weighted by atomic mass is 9.69. The van der Waals surface area contributed by atoms with E-state index in [-0.39, 0.29) is 30.0 Å². The third-order valence-corrected chi connectivity index (χ3v) is 4.08. The Bertz CT molecular complexity index is 412. The molecular formula is C14H20BFO2. The number of rotatable bonds is 2. The molecule has 1 aliphatic heterocycles. The van der Waals surface area contributed by atoms with Crippen molar-refractivity contribution in [3.63, 3.8) is 0 Å². The third kappa shape index (κ3) is 2.32. The van der Waals surface area contributed by atoms with Gasteiger partial charge in [0.05, 0.1) is 11.2 Å². The Morgan fingerprint density at radius 2 is 1.44 bits per heavy atom. The molecule has 98 valence electrons. The molecule has 2 rings (SSSR count). The van der Waals surface area contributed by atoms with E-state index in [0.29, 0.717) is 0 Å². The standard InChI is InChI=1S/C14H20BFO2/c1-10(11-6-8-12(16)9-7-11)15-17-13(2,3)14(4,5)18-15/h6-10H,1-5H3/t10-/m1/s1. The van der Waals surface area contributed by atoms with Crippen LogP contribution in [0.5, 0.6) is 0 Å². The smallest absolute Gasteiger partial charge is 0.403 e. The molecule has 1 heterocycles. The second kappa shape index (κ2) is 4.35. The molecule has 0 spiro atoms. The van der Waals surface area contributed by atoms with Crippen molar-refractivity contribution >= 4 is 7.12 Å². The van der Waals surface area contributed by atoms with Gasteiger partial charge in [-0.3, -0.25) is 0 Å². The molecule has 1 aliphatic rings. The summed E-state index contributed by atoms with van der Waals surface area (Å²) in [4.78, 5) is 0. The van der Waals surface area contributed by atoms with Crippen molar-refractivity contribution in [3.8, 4) is 0 Å². The maximum absolute atomic E-state index is 12.9. The summed E-state index contributed by atoms with van der Waals surface area (Å²) < 4.78 is 24.9. The maximum atomic E-state index is 12.9. The highest BCUT2D eigenvalue weighted by Crippen LogP contribution is 2.40. The van der Waals surface area contributed by atoms with E-state index < -0.39 is 0 Å². The van der Waals surface area contributed by atoms with Crippen LogP contribution in [0, 0.1) is 5.82 Å². The van der Waals surface area contributed by atoms with Gasteiger partial charge in [0.1, 0.15) is 5.82 Å². The summed E-state index contributed by atoms with van der Waals surface area (Å²) in [5, 5.41) is 0. The molecule has 0 N–H and O–H groups in total. The van der Waals surface area contributed by atoms with Crippen LogP contribution in [0.4, 0.5) is 4.39 Å². The first-order chi connectivity index (χ1) is 8.23. The fourth-order valence-electron chi connectivity index (χ4n) is 2.02. The molecule has 18 heavy (non-hydrogen) atoms. The van der Waals surface area contributed by atoms with E-state index >= 15 is 0 Å². The minimum atomic E-state index is -0.327. The van der Waals surface area contributed by atoms with E-state index in [1.165, 1.54) is 12.1 Å². The quantitative estimate of drug-likeness (QED) is 0.747. The molecule has 4 heteroatoms. The lowest BCUT2D eigenvalue weighted by Gasteiger charge is -2.32. The predicted octanol–water partition coefficient (Wildman–Crippen LogP) is 3.56. The van der Waals surface area contributed by atoms with Gasteiger partial charge in [0.15, 0.2) is 0 Å². The van der Waals surface area contributed by atoms with Gasteiger partial charge in [-0.25, -0.2) is 4.39 Å². The van der Waals surface area contributed by atoms with Crippen molar-refractivity contribution in [1.82, 2.24) is 0 Å². The van der Waals surface area contributed by atoms with Gasteiger partial charge in [-0.15, -0.1) is 0 Å². The molecule has 0 aromatic heterocycles. The Kier molecular flexibility index (Phi) is 3.28. The van der Waals surface area contributed by atoms with Gasteiger partial charge in [0.2, 0.25) is 0 Å². The van der Waals surface area contributed by atoms with Crippen LogP contribution in [0.1, 0.15) is 46.0 Å². The van der Waals surface area contributed by atoms with Crippen LogP contribution in [0.25, 0.3) is 0 Å². The normalized spacial score (nSPS) is 23.1. The van der Waals surface area contributed by atoms with Crippen LogP contribution in [-0.2, 0) is 9.31 Å². The molecule has 0 aliphatic carbocycles. The highest BCUT2D eigenvalue weighted by atomic mass is 19.1. The van der Waals surface area contributed by atoms with Crippen molar-refractivity contribution in [2.24, 2.45) is 0 Å². The summed E-state index contributed by atoms with van der Waals surface area (Å²) in [6, 6.07) is 6.50. The first-order valence-corrected chi connectivity index (χ1v) is 6.34. The van der Waals surface area contributed by atoms with E-state index in [4.69, 9.17) is 9.31 Å². The van der Waals surface area contributed by atoms with Crippen LogP contribution in [0.3, 0.4) is 0 Å². The molecule has 1 atom stereocenters. The summed E-state index contributed by atoms with van der Waals surface area (Å²) in [6.07, 6.45) is 0. The zero-order chi connectivity index (χ0) is 13.6. The zero-order valence-electron chi connectivity index (χ0n) is 11.7. The zero-order valence-corrected chi connectivity index (χ0v) is 11.7. The number of halogens is 1. The average Bonchev–Trinajstić information content (AvgIpc) is 2.48. The summed E-state index contributed by atoms with van der Waals surface area (Å²) in [7, 11) is -0.291. The molecule has 0 radical (unpaired) electrons. The Labute approximate surface area is 109 Å².